The van der Waals surface area contributed by atoms with Gasteiger partial charge in [-0.1, -0.05) is 0 Å². The lowest BCUT2D eigenvalue weighted by atomic mass is 10.1. The van der Waals surface area contributed by atoms with E-state index in [1.807, 2.05) is 24.3 Å². The van der Waals surface area contributed by atoms with E-state index in [0.29, 0.717) is 5.56 Å². The van der Waals surface area contributed by atoms with E-state index >= 15 is 0 Å². The van der Waals surface area contributed by atoms with E-state index in [-0.39, 0.29) is 12.3 Å². The number of carbonyl (C=O) groups excluding carboxylic acids is 1. The van der Waals surface area contributed by atoms with Crippen molar-refractivity contribution in [3.63, 3.8) is 0 Å². The number of Topliss-reactive ketones (excluding diaryl/α,β-unsaturated/α-hetero) is 1. The second-order valence-electron chi connectivity index (χ2n) is 4.01. The first-order chi connectivity index (χ1) is 9.19. The van der Waals surface area contributed by atoms with Gasteiger partial charge in [-0.3, -0.25) is 4.79 Å². The van der Waals surface area contributed by atoms with Crippen molar-refractivity contribution in [2.75, 3.05) is 19.0 Å². The molecule has 0 saturated heterocycles. The van der Waals surface area contributed by atoms with Gasteiger partial charge in [-0.2, -0.15) is 0 Å². The Hall–Kier alpha value is -1.56. The van der Waals surface area contributed by atoms with Crippen LogP contribution in [0, 0.1) is 3.57 Å². The Bertz CT molecular complexity index is 549. The molecular formula is C15H14INO2. The Labute approximate surface area is 126 Å². The lowest BCUT2D eigenvalue weighted by Gasteiger charge is -2.06. The zero-order valence-electron chi connectivity index (χ0n) is 10.5. The van der Waals surface area contributed by atoms with Gasteiger partial charge >= 0.3 is 0 Å². The lowest BCUT2D eigenvalue weighted by molar-refractivity contribution is 0.101. The van der Waals surface area contributed by atoms with Crippen molar-refractivity contribution < 1.29 is 9.53 Å². The molecule has 0 radical (unpaired) electrons. The Morgan fingerprint density at radius 2 is 1.74 bits per heavy atom. The maximum atomic E-state index is 12.0. The lowest BCUT2D eigenvalue weighted by Crippen LogP contribution is -2.13. The van der Waals surface area contributed by atoms with Crippen molar-refractivity contribution in [2.24, 2.45) is 0 Å². The molecule has 0 atom stereocenters. The summed E-state index contributed by atoms with van der Waals surface area (Å²) in [7, 11) is 1.61. The second-order valence-corrected chi connectivity index (χ2v) is 5.26. The highest BCUT2D eigenvalue weighted by Gasteiger charge is 2.05. The van der Waals surface area contributed by atoms with E-state index in [4.69, 9.17) is 4.74 Å². The zero-order valence-corrected chi connectivity index (χ0v) is 12.7. The summed E-state index contributed by atoms with van der Waals surface area (Å²) in [4.78, 5) is 12.0. The molecule has 2 aromatic rings. The number of nitrogens with one attached hydrogen (secondary N) is 1. The Morgan fingerprint density at radius 1 is 1.11 bits per heavy atom. The van der Waals surface area contributed by atoms with E-state index in [1.54, 1.807) is 31.4 Å². The predicted molar refractivity (Wildman–Crippen MR) is 85.0 cm³/mol. The molecule has 98 valence electrons. The number of carbonyl (C=O) groups is 1. The molecule has 0 amide bonds. The molecule has 4 heteroatoms. The fourth-order valence-corrected chi connectivity index (χ4v) is 1.99. The molecule has 0 bridgehead atoms. The van der Waals surface area contributed by atoms with Gasteiger partial charge < -0.3 is 10.1 Å². The summed E-state index contributed by atoms with van der Waals surface area (Å²) in [6.07, 6.45) is 0. The third-order valence-electron chi connectivity index (χ3n) is 2.71. The fraction of sp³-hybridized carbons (Fsp3) is 0.133. The van der Waals surface area contributed by atoms with Gasteiger partial charge in [0, 0.05) is 14.8 Å². The van der Waals surface area contributed by atoms with Gasteiger partial charge in [0.2, 0.25) is 0 Å². The second kappa shape index (κ2) is 6.56. The first kappa shape index (κ1) is 13.9. The molecule has 1 N–H and O–H groups in total. The number of ketones is 1. The summed E-state index contributed by atoms with van der Waals surface area (Å²) in [6, 6.07) is 15.1. The highest BCUT2D eigenvalue weighted by Crippen LogP contribution is 2.13. The SMILES string of the molecule is COc1ccc(C(=O)CNc2ccc(I)cc2)cc1. The number of methoxy groups -OCH3 is 1. The summed E-state index contributed by atoms with van der Waals surface area (Å²) < 4.78 is 6.23. The number of rotatable bonds is 5. The topological polar surface area (TPSA) is 38.3 Å². The highest BCUT2D eigenvalue weighted by molar-refractivity contribution is 14.1. The van der Waals surface area contributed by atoms with Crippen LogP contribution in [0.25, 0.3) is 0 Å². The van der Waals surface area contributed by atoms with Crippen molar-refractivity contribution in [1.82, 2.24) is 0 Å². The predicted octanol–water partition coefficient (Wildman–Crippen LogP) is 3.59. The van der Waals surface area contributed by atoms with Gasteiger partial charge in [0.15, 0.2) is 5.78 Å². The van der Waals surface area contributed by atoms with Gasteiger partial charge in [0.1, 0.15) is 5.75 Å². The first-order valence-corrected chi connectivity index (χ1v) is 6.93. The van der Waals surface area contributed by atoms with Crippen molar-refractivity contribution in [2.45, 2.75) is 0 Å². The zero-order chi connectivity index (χ0) is 13.7. The van der Waals surface area contributed by atoms with Crippen LogP contribution < -0.4 is 10.1 Å². The van der Waals surface area contributed by atoms with E-state index in [0.717, 1.165) is 11.4 Å². The molecule has 2 aromatic carbocycles. The minimum Gasteiger partial charge on any atom is -0.497 e. The van der Waals surface area contributed by atoms with Crippen LogP contribution in [0.2, 0.25) is 0 Å². The molecule has 0 aromatic heterocycles. The molecule has 0 aliphatic heterocycles. The third-order valence-corrected chi connectivity index (χ3v) is 3.43. The molecule has 0 heterocycles. The molecule has 3 nitrogen and oxygen atoms in total. The van der Waals surface area contributed by atoms with Gasteiger partial charge in [0.25, 0.3) is 0 Å². The maximum absolute atomic E-state index is 12.0. The van der Waals surface area contributed by atoms with Crippen LogP contribution in [-0.2, 0) is 0 Å². The van der Waals surface area contributed by atoms with Crippen molar-refractivity contribution in [3.8, 4) is 5.75 Å². The van der Waals surface area contributed by atoms with Gasteiger partial charge in [-0.25, -0.2) is 0 Å². The normalized spacial score (nSPS) is 10.0. The summed E-state index contributed by atoms with van der Waals surface area (Å²) in [5, 5.41) is 3.11. The molecule has 0 aliphatic carbocycles. The monoisotopic (exact) mass is 367 g/mol. The van der Waals surface area contributed by atoms with Crippen molar-refractivity contribution in [1.29, 1.82) is 0 Å². The number of ether oxygens (including phenoxy) is 1. The first-order valence-electron chi connectivity index (χ1n) is 5.86. The molecule has 0 saturated carbocycles. The molecule has 0 spiro atoms. The van der Waals surface area contributed by atoms with Crippen molar-refractivity contribution in [3.05, 3.63) is 57.7 Å². The standard InChI is InChI=1S/C15H14INO2/c1-19-14-8-2-11(3-9-14)15(18)10-17-13-6-4-12(16)5-7-13/h2-9,17H,10H2,1H3. The molecule has 0 fully saturated rings. The van der Waals surface area contributed by atoms with Crippen LogP contribution in [0.1, 0.15) is 10.4 Å². The Morgan fingerprint density at radius 3 is 2.32 bits per heavy atom. The number of anilines is 1. The third kappa shape index (κ3) is 3.96. The van der Waals surface area contributed by atoms with E-state index in [9.17, 15) is 4.79 Å². The average molecular weight is 367 g/mol. The summed E-state index contributed by atoms with van der Waals surface area (Å²) >= 11 is 2.25. The van der Waals surface area contributed by atoms with Gasteiger partial charge in [-0.05, 0) is 71.1 Å². The van der Waals surface area contributed by atoms with Crippen LogP contribution in [0.5, 0.6) is 5.75 Å². The largest absolute Gasteiger partial charge is 0.497 e. The summed E-state index contributed by atoms with van der Waals surface area (Å²) in [5.74, 6) is 0.809. The summed E-state index contributed by atoms with van der Waals surface area (Å²) in [6.45, 7) is 0.285. The smallest absolute Gasteiger partial charge is 0.181 e. The van der Waals surface area contributed by atoms with E-state index in [1.165, 1.54) is 3.57 Å². The highest BCUT2D eigenvalue weighted by atomic mass is 127. The molecule has 19 heavy (non-hydrogen) atoms. The van der Waals surface area contributed by atoms with Crippen LogP contribution >= 0.6 is 22.6 Å². The van der Waals surface area contributed by atoms with E-state index < -0.39 is 0 Å². The fourth-order valence-electron chi connectivity index (χ4n) is 1.63. The van der Waals surface area contributed by atoms with Gasteiger partial charge in [0.05, 0.1) is 13.7 Å². The van der Waals surface area contributed by atoms with Crippen LogP contribution in [0.4, 0.5) is 5.69 Å². The van der Waals surface area contributed by atoms with Crippen LogP contribution in [-0.4, -0.2) is 19.4 Å². The van der Waals surface area contributed by atoms with E-state index in [2.05, 4.69) is 27.9 Å². The number of benzene rings is 2. The molecule has 0 unspecified atom stereocenters. The van der Waals surface area contributed by atoms with Crippen LogP contribution in [0.3, 0.4) is 0 Å². The molecule has 2 rings (SSSR count). The number of hydrogen-bond acceptors (Lipinski definition) is 3. The number of hydrogen-bond donors (Lipinski definition) is 1. The Kier molecular flexibility index (Phi) is 4.79. The quantitative estimate of drug-likeness (QED) is 0.649. The molecular weight excluding hydrogens is 353 g/mol. The van der Waals surface area contributed by atoms with Crippen LogP contribution in [0.15, 0.2) is 48.5 Å². The Balaban J connectivity index is 1.95. The summed E-state index contributed by atoms with van der Waals surface area (Å²) in [5.41, 5.74) is 1.63. The minimum absolute atomic E-state index is 0.0567. The molecule has 0 aliphatic rings. The number of halogens is 1. The van der Waals surface area contributed by atoms with Gasteiger partial charge in [-0.15, -0.1) is 0 Å². The minimum atomic E-state index is 0.0567. The van der Waals surface area contributed by atoms with Crippen molar-refractivity contribution >= 4 is 34.1 Å². The maximum Gasteiger partial charge on any atom is 0.181 e. The average Bonchev–Trinajstić information content (AvgIpc) is 2.46.